The second kappa shape index (κ2) is 7.13. The average Bonchev–Trinajstić information content (AvgIpc) is 2.77. The third kappa shape index (κ3) is 5.29. The molecule has 0 aliphatic heterocycles. The molecule has 1 amide bonds. The van der Waals surface area contributed by atoms with Gasteiger partial charge in [0.15, 0.2) is 0 Å². The first kappa shape index (κ1) is 15.5. The van der Waals surface area contributed by atoms with Gasteiger partial charge in [0.1, 0.15) is 0 Å². The van der Waals surface area contributed by atoms with Gasteiger partial charge in [0, 0.05) is 19.9 Å². The summed E-state index contributed by atoms with van der Waals surface area (Å²) in [7, 11) is -3.70. The Hall–Kier alpha value is -1.57. The lowest BCUT2D eigenvalue weighted by Gasteiger charge is -2.01. The van der Waals surface area contributed by atoms with Gasteiger partial charge in [-0.3, -0.25) is 4.79 Å². The number of carbonyl (C=O) groups excluding carboxylic acids is 1. The number of carbonyl (C=O) groups is 1. The fraction of sp³-hybridized carbons (Fsp3) is 0.556. The number of nitrogens with zero attached hydrogens (tertiary/aromatic N) is 3. The van der Waals surface area contributed by atoms with Crippen LogP contribution in [0.5, 0.6) is 0 Å². The van der Waals surface area contributed by atoms with Crippen LogP contribution in [0.25, 0.3) is 0 Å². The molecule has 0 bridgehead atoms. The van der Waals surface area contributed by atoms with Crippen molar-refractivity contribution in [3.63, 3.8) is 0 Å². The minimum absolute atomic E-state index is 0.136. The van der Waals surface area contributed by atoms with Gasteiger partial charge in [-0.25, -0.2) is 13.1 Å². The summed E-state index contributed by atoms with van der Waals surface area (Å²) in [5, 5.41) is 17.9. The van der Waals surface area contributed by atoms with Crippen molar-refractivity contribution in [2.24, 2.45) is 0 Å². The smallest absolute Gasteiger partial charge is 0.269 e. The van der Waals surface area contributed by atoms with Gasteiger partial charge < -0.3 is 5.32 Å². The topological polar surface area (TPSA) is 125 Å². The maximum atomic E-state index is 11.8. The molecular weight excluding hydrogens is 290 g/mol. The first-order valence-electron chi connectivity index (χ1n) is 5.43. The minimum atomic E-state index is -3.70. The van der Waals surface area contributed by atoms with Gasteiger partial charge in [-0.15, -0.1) is 10.2 Å². The lowest BCUT2D eigenvalue weighted by atomic mass is 10.2. The van der Waals surface area contributed by atoms with Crippen molar-refractivity contribution in [1.82, 2.24) is 14.9 Å². The summed E-state index contributed by atoms with van der Waals surface area (Å²) in [5.74, 6) is -0.343. The van der Waals surface area contributed by atoms with Crippen molar-refractivity contribution < 1.29 is 13.2 Å². The molecule has 8 nitrogen and oxygen atoms in total. The zero-order chi connectivity index (χ0) is 14.3. The summed E-state index contributed by atoms with van der Waals surface area (Å²) >= 11 is 0.779. The van der Waals surface area contributed by atoms with E-state index in [2.05, 4.69) is 20.2 Å². The van der Waals surface area contributed by atoms with Crippen LogP contribution >= 0.6 is 11.3 Å². The third-order valence-electron chi connectivity index (χ3n) is 1.93. The monoisotopic (exact) mass is 303 g/mol. The van der Waals surface area contributed by atoms with Crippen LogP contribution in [-0.2, 0) is 14.8 Å². The summed E-state index contributed by atoms with van der Waals surface area (Å²) in [6, 6.07) is 1.98. The van der Waals surface area contributed by atoms with E-state index < -0.39 is 10.0 Å². The molecule has 0 atom stereocenters. The normalized spacial score (nSPS) is 10.9. The quantitative estimate of drug-likeness (QED) is 0.557. The number of nitriles is 1. The number of hydrogen-bond donors (Lipinski definition) is 2. The molecule has 0 saturated carbocycles. The van der Waals surface area contributed by atoms with Crippen LogP contribution in [0.4, 0.5) is 5.13 Å². The lowest BCUT2D eigenvalue weighted by Crippen LogP contribution is -2.24. The standard InChI is InChI=1S/C9H13N5O3S2/c1-7(15)12-8-13-14-9(18-8)19(16,17)11-6-4-2-3-5-10/h11H,2-4,6H2,1H3,(H,12,13,15). The molecule has 0 spiro atoms. The van der Waals surface area contributed by atoms with E-state index in [0.29, 0.717) is 19.3 Å². The van der Waals surface area contributed by atoms with Crippen LogP contribution in [0, 0.1) is 11.3 Å². The predicted molar refractivity (Wildman–Crippen MR) is 68.9 cm³/mol. The van der Waals surface area contributed by atoms with Crippen molar-refractivity contribution in [3.05, 3.63) is 0 Å². The molecule has 19 heavy (non-hydrogen) atoms. The lowest BCUT2D eigenvalue weighted by molar-refractivity contribution is -0.114. The van der Waals surface area contributed by atoms with E-state index in [9.17, 15) is 13.2 Å². The van der Waals surface area contributed by atoms with Gasteiger partial charge in [0.2, 0.25) is 15.4 Å². The van der Waals surface area contributed by atoms with Gasteiger partial charge in [-0.2, -0.15) is 5.26 Å². The van der Waals surface area contributed by atoms with Gasteiger partial charge in [0.25, 0.3) is 10.0 Å². The maximum Gasteiger partial charge on any atom is 0.269 e. The molecule has 0 saturated heterocycles. The number of unbranched alkanes of at least 4 members (excludes halogenated alkanes) is 2. The molecule has 0 radical (unpaired) electrons. The van der Waals surface area contributed by atoms with Crippen molar-refractivity contribution >= 4 is 32.4 Å². The number of hydrogen-bond acceptors (Lipinski definition) is 7. The number of anilines is 1. The molecule has 0 aromatic carbocycles. The van der Waals surface area contributed by atoms with Gasteiger partial charge in [-0.05, 0) is 12.8 Å². The maximum absolute atomic E-state index is 11.8. The average molecular weight is 303 g/mol. The van der Waals surface area contributed by atoms with E-state index in [1.54, 1.807) is 0 Å². The highest BCUT2D eigenvalue weighted by atomic mass is 32.2. The van der Waals surface area contributed by atoms with E-state index in [-0.39, 0.29) is 21.9 Å². The van der Waals surface area contributed by atoms with Crippen LogP contribution in [0.2, 0.25) is 0 Å². The first-order chi connectivity index (χ1) is 8.95. The Balaban J connectivity index is 2.55. The molecule has 0 aliphatic rings. The fourth-order valence-corrected chi connectivity index (χ4v) is 3.18. The van der Waals surface area contributed by atoms with Crippen molar-refractivity contribution in [2.75, 3.05) is 11.9 Å². The van der Waals surface area contributed by atoms with Crippen LogP contribution in [0.15, 0.2) is 4.34 Å². The van der Waals surface area contributed by atoms with Gasteiger partial charge >= 0.3 is 0 Å². The predicted octanol–water partition coefficient (Wildman–Crippen LogP) is 0.469. The van der Waals surface area contributed by atoms with Crippen LogP contribution in [0.1, 0.15) is 26.2 Å². The second-order valence-electron chi connectivity index (χ2n) is 3.57. The molecule has 104 valence electrons. The molecule has 1 rings (SSSR count). The molecule has 0 fully saturated rings. The molecular formula is C9H13N5O3S2. The number of sulfonamides is 1. The van der Waals surface area contributed by atoms with Crippen LogP contribution in [-0.4, -0.2) is 31.1 Å². The summed E-state index contributed by atoms with van der Waals surface area (Å²) in [6.07, 6.45) is 1.60. The van der Waals surface area contributed by atoms with E-state index >= 15 is 0 Å². The van der Waals surface area contributed by atoms with Crippen molar-refractivity contribution in [3.8, 4) is 6.07 Å². The molecule has 2 N–H and O–H groups in total. The summed E-state index contributed by atoms with van der Waals surface area (Å²) in [5.41, 5.74) is 0. The Kier molecular flexibility index (Phi) is 5.81. The Bertz CT molecular complexity index is 575. The third-order valence-corrected chi connectivity index (χ3v) is 4.59. The van der Waals surface area contributed by atoms with Crippen molar-refractivity contribution in [1.29, 1.82) is 5.26 Å². The van der Waals surface area contributed by atoms with Gasteiger partial charge in [0.05, 0.1) is 6.07 Å². The SMILES string of the molecule is CC(=O)Nc1nnc(S(=O)(=O)NCCCCC#N)s1. The number of nitrogens with one attached hydrogen (secondary N) is 2. The zero-order valence-electron chi connectivity index (χ0n) is 10.2. The Morgan fingerprint density at radius 3 is 2.79 bits per heavy atom. The Morgan fingerprint density at radius 2 is 2.16 bits per heavy atom. The first-order valence-corrected chi connectivity index (χ1v) is 7.73. The highest BCUT2D eigenvalue weighted by Crippen LogP contribution is 2.19. The number of rotatable bonds is 7. The van der Waals surface area contributed by atoms with E-state index in [1.165, 1.54) is 6.92 Å². The molecule has 10 heteroatoms. The van der Waals surface area contributed by atoms with Crippen LogP contribution < -0.4 is 10.0 Å². The molecule has 1 aromatic rings. The highest BCUT2D eigenvalue weighted by Gasteiger charge is 2.19. The summed E-state index contributed by atoms with van der Waals surface area (Å²) in [4.78, 5) is 10.8. The summed E-state index contributed by atoms with van der Waals surface area (Å²) in [6.45, 7) is 1.53. The Labute approximate surface area is 114 Å². The highest BCUT2D eigenvalue weighted by molar-refractivity contribution is 7.91. The zero-order valence-corrected chi connectivity index (χ0v) is 11.8. The van der Waals surface area contributed by atoms with E-state index in [1.807, 2.05) is 6.07 Å². The molecule has 1 heterocycles. The Morgan fingerprint density at radius 1 is 1.42 bits per heavy atom. The fourth-order valence-electron chi connectivity index (χ4n) is 1.12. The minimum Gasteiger partial charge on any atom is -0.301 e. The van der Waals surface area contributed by atoms with E-state index in [0.717, 1.165) is 11.3 Å². The largest absolute Gasteiger partial charge is 0.301 e. The second-order valence-corrected chi connectivity index (χ2v) is 6.49. The van der Waals surface area contributed by atoms with Gasteiger partial charge in [-0.1, -0.05) is 11.3 Å². The molecule has 1 aromatic heterocycles. The van der Waals surface area contributed by atoms with Crippen molar-refractivity contribution in [2.45, 2.75) is 30.5 Å². The molecule has 0 unspecified atom stereocenters. The molecule has 0 aliphatic carbocycles. The number of aromatic nitrogens is 2. The van der Waals surface area contributed by atoms with Crippen LogP contribution in [0.3, 0.4) is 0 Å². The summed E-state index contributed by atoms with van der Waals surface area (Å²) < 4.78 is 25.7. The van der Waals surface area contributed by atoms with E-state index in [4.69, 9.17) is 5.26 Å². The number of amides is 1.